The summed E-state index contributed by atoms with van der Waals surface area (Å²) in [5.74, 6) is 0. The maximum absolute atomic E-state index is 12.0. The van der Waals surface area contributed by atoms with E-state index in [4.69, 9.17) is 4.74 Å². The molecule has 1 aliphatic heterocycles. The largest absolute Gasteiger partial charge is 0.444 e. The Morgan fingerprint density at radius 2 is 2.30 bits per heavy atom. The van der Waals surface area contributed by atoms with E-state index in [0.29, 0.717) is 12.1 Å². The van der Waals surface area contributed by atoms with Gasteiger partial charge in [0.15, 0.2) is 0 Å². The van der Waals surface area contributed by atoms with Gasteiger partial charge < -0.3 is 15.0 Å². The van der Waals surface area contributed by atoms with E-state index in [1.807, 2.05) is 20.8 Å². The van der Waals surface area contributed by atoms with Crippen molar-refractivity contribution in [1.82, 2.24) is 10.2 Å². The molecule has 0 aliphatic carbocycles. The predicted molar refractivity (Wildman–Crippen MR) is 82.1 cm³/mol. The van der Waals surface area contributed by atoms with Crippen LogP contribution in [-0.2, 0) is 4.74 Å². The molecule has 0 spiro atoms. The van der Waals surface area contributed by atoms with Gasteiger partial charge >= 0.3 is 6.09 Å². The zero-order chi connectivity index (χ0) is 14.8. The number of carbonyl (C=O) groups excluding carboxylic acids is 1. The molecule has 20 heavy (non-hydrogen) atoms. The van der Waals surface area contributed by atoms with Crippen molar-refractivity contribution in [3.05, 3.63) is 22.4 Å². The van der Waals surface area contributed by atoms with Crippen LogP contribution < -0.4 is 5.32 Å². The Morgan fingerprint density at radius 1 is 1.55 bits per heavy atom. The van der Waals surface area contributed by atoms with Gasteiger partial charge in [-0.05, 0) is 45.6 Å². The van der Waals surface area contributed by atoms with Crippen LogP contribution in [0, 0.1) is 0 Å². The minimum Gasteiger partial charge on any atom is -0.444 e. The Kier molecular flexibility index (Phi) is 4.70. The first-order valence-electron chi connectivity index (χ1n) is 7.12. The van der Waals surface area contributed by atoms with E-state index in [2.05, 4.69) is 29.8 Å². The number of hydrogen-bond acceptors (Lipinski definition) is 4. The number of nitrogens with one attached hydrogen (secondary N) is 1. The lowest BCUT2D eigenvalue weighted by Crippen LogP contribution is -2.38. The monoisotopic (exact) mass is 296 g/mol. The molecular formula is C15H24N2O2S. The Balaban J connectivity index is 1.82. The van der Waals surface area contributed by atoms with Crippen LogP contribution in [0.5, 0.6) is 0 Å². The van der Waals surface area contributed by atoms with Crippen molar-refractivity contribution in [2.24, 2.45) is 0 Å². The highest BCUT2D eigenvalue weighted by molar-refractivity contribution is 7.10. The van der Waals surface area contributed by atoms with Crippen LogP contribution in [0.25, 0.3) is 0 Å². The fraction of sp³-hybridized carbons (Fsp3) is 0.667. The zero-order valence-corrected chi connectivity index (χ0v) is 13.5. The molecule has 0 aromatic carbocycles. The third-order valence-electron chi connectivity index (χ3n) is 3.30. The Morgan fingerprint density at radius 3 is 2.90 bits per heavy atom. The lowest BCUT2D eigenvalue weighted by atomic mass is 10.2. The quantitative estimate of drug-likeness (QED) is 0.929. The van der Waals surface area contributed by atoms with E-state index in [1.165, 1.54) is 4.88 Å². The lowest BCUT2D eigenvalue weighted by molar-refractivity contribution is 0.0290. The number of carbonyl (C=O) groups is 1. The van der Waals surface area contributed by atoms with Crippen molar-refractivity contribution in [1.29, 1.82) is 0 Å². The van der Waals surface area contributed by atoms with Gasteiger partial charge in [-0.1, -0.05) is 6.07 Å². The summed E-state index contributed by atoms with van der Waals surface area (Å²) >= 11 is 1.76. The molecule has 112 valence electrons. The van der Waals surface area contributed by atoms with Gasteiger partial charge in [-0.2, -0.15) is 0 Å². The maximum Gasteiger partial charge on any atom is 0.410 e. The summed E-state index contributed by atoms with van der Waals surface area (Å²) in [4.78, 5) is 15.1. The van der Waals surface area contributed by atoms with Crippen molar-refractivity contribution >= 4 is 17.4 Å². The first-order chi connectivity index (χ1) is 9.35. The minimum absolute atomic E-state index is 0.203. The molecule has 1 aliphatic rings. The third-order valence-corrected chi connectivity index (χ3v) is 4.35. The number of hydrogen-bond donors (Lipinski definition) is 1. The molecule has 2 rings (SSSR count). The smallest absolute Gasteiger partial charge is 0.410 e. The van der Waals surface area contributed by atoms with Crippen molar-refractivity contribution in [2.45, 2.75) is 51.8 Å². The summed E-state index contributed by atoms with van der Waals surface area (Å²) in [5, 5.41) is 5.68. The minimum atomic E-state index is -0.424. The Bertz CT molecular complexity index is 439. The Labute approximate surface area is 125 Å². The summed E-state index contributed by atoms with van der Waals surface area (Å²) < 4.78 is 5.41. The average molecular weight is 296 g/mol. The van der Waals surface area contributed by atoms with Gasteiger partial charge in [-0.15, -0.1) is 11.3 Å². The molecule has 1 aromatic rings. The highest BCUT2D eigenvalue weighted by atomic mass is 32.1. The molecule has 2 heterocycles. The fourth-order valence-corrected chi connectivity index (χ4v) is 3.11. The van der Waals surface area contributed by atoms with Crippen LogP contribution in [0.2, 0.25) is 0 Å². The van der Waals surface area contributed by atoms with Crippen LogP contribution >= 0.6 is 11.3 Å². The molecule has 5 heteroatoms. The van der Waals surface area contributed by atoms with Crippen LogP contribution in [0.15, 0.2) is 17.5 Å². The molecule has 2 atom stereocenters. The molecule has 0 unspecified atom stereocenters. The summed E-state index contributed by atoms with van der Waals surface area (Å²) in [6.45, 7) is 9.36. The van der Waals surface area contributed by atoms with Crippen LogP contribution in [-0.4, -0.2) is 35.7 Å². The fourth-order valence-electron chi connectivity index (χ4n) is 2.36. The molecule has 0 radical (unpaired) electrons. The van der Waals surface area contributed by atoms with Gasteiger partial charge in [0.1, 0.15) is 5.60 Å². The van der Waals surface area contributed by atoms with Crippen molar-refractivity contribution in [3.8, 4) is 0 Å². The number of ether oxygens (including phenoxy) is 1. The number of rotatable bonds is 3. The van der Waals surface area contributed by atoms with Gasteiger partial charge in [0.25, 0.3) is 0 Å². The Hall–Kier alpha value is -1.07. The van der Waals surface area contributed by atoms with Gasteiger partial charge in [0.2, 0.25) is 0 Å². The van der Waals surface area contributed by atoms with E-state index >= 15 is 0 Å². The summed E-state index contributed by atoms with van der Waals surface area (Å²) in [7, 11) is 0. The van der Waals surface area contributed by atoms with Gasteiger partial charge in [-0.25, -0.2) is 4.79 Å². The molecular weight excluding hydrogens is 272 g/mol. The highest BCUT2D eigenvalue weighted by Crippen LogP contribution is 2.21. The van der Waals surface area contributed by atoms with Gasteiger partial charge in [0, 0.05) is 30.1 Å². The molecule has 1 amide bonds. The number of amides is 1. The van der Waals surface area contributed by atoms with E-state index < -0.39 is 5.60 Å². The maximum atomic E-state index is 12.0. The molecule has 0 saturated carbocycles. The summed E-state index contributed by atoms with van der Waals surface area (Å²) in [6, 6.07) is 4.89. The first kappa shape index (κ1) is 15.3. The van der Waals surface area contributed by atoms with Gasteiger partial charge in [-0.3, -0.25) is 0 Å². The second kappa shape index (κ2) is 6.14. The van der Waals surface area contributed by atoms with Crippen molar-refractivity contribution < 1.29 is 9.53 Å². The predicted octanol–water partition coefficient (Wildman–Crippen LogP) is 3.41. The molecule has 1 N–H and O–H groups in total. The SMILES string of the molecule is C[C@H](N[C@H]1CCN(C(=O)OC(C)(C)C)C1)c1cccs1. The summed E-state index contributed by atoms with van der Waals surface area (Å²) in [6.07, 6.45) is 0.778. The molecule has 0 bridgehead atoms. The lowest BCUT2D eigenvalue weighted by Gasteiger charge is -2.25. The number of likely N-dealkylation sites (tertiary alicyclic amines) is 1. The van der Waals surface area contributed by atoms with Crippen LogP contribution in [0.4, 0.5) is 4.79 Å². The summed E-state index contributed by atoms with van der Waals surface area (Å²) in [5.41, 5.74) is -0.424. The first-order valence-corrected chi connectivity index (χ1v) is 8.00. The topological polar surface area (TPSA) is 41.6 Å². The van der Waals surface area contributed by atoms with Crippen molar-refractivity contribution in [2.75, 3.05) is 13.1 Å². The highest BCUT2D eigenvalue weighted by Gasteiger charge is 2.30. The van der Waals surface area contributed by atoms with E-state index in [-0.39, 0.29) is 6.09 Å². The molecule has 1 saturated heterocycles. The second-order valence-corrected chi connectivity index (χ2v) is 7.30. The number of thiophene rings is 1. The zero-order valence-electron chi connectivity index (χ0n) is 12.7. The van der Waals surface area contributed by atoms with Gasteiger partial charge in [0.05, 0.1) is 0 Å². The van der Waals surface area contributed by atoms with E-state index in [1.54, 1.807) is 16.2 Å². The van der Waals surface area contributed by atoms with E-state index in [9.17, 15) is 4.79 Å². The van der Waals surface area contributed by atoms with E-state index in [0.717, 1.165) is 19.5 Å². The van der Waals surface area contributed by atoms with Crippen LogP contribution in [0.1, 0.15) is 45.0 Å². The van der Waals surface area contributed by atoms with Crippen LogP contribution in [0.3, 0.4) is 0 Å². The molecule has 1 aromatic heterocycles. The number of nitrogens with zero attached hydrogens (tertiary/aromatic N) is 1. The molecule has 4 nitrogen and oxygen atoms in total. The average Bonchev–Trinajstić information content (AvgIpc) is 2.97. The van der Waals surface area contributed by atoms with Crippen molar-refractivity contribution in [3.63, 3.8) is 0 Å². The standard InChI is InChI=1S/C15H24N2O2S/c1-11(13-6-5-9-20-13)16-12-7-8-17(10-12)14(18)19-15(2,3)4/h5-6,9,11-12,16H,7-8,10H2,1-4H3/t11-,12-/m0/s1. The molecule has 1 fully saturated rings. The second-order valence-electron chi connectivity index (χ2n) is 6.32. The third kappa shape index (κ3) is 4.21. The normalized spacial score (nSPS) is 21.0.